The second-order valence-corrected chi connectivity index (χ2v) is 10.7. The van der Waals surface area contributed by atoms with E-state index < -0.39 is 6.04 Å². The Morgan fingerprint density at radius 2 is 1.70 bits per heavy atom. The molecule has 1 aliphatic carbocycles. The van der Waals surface area contributed by atoms with Crippen molar-refractivity contribution < 1.29 is 9.59 Å². The second-order valence-electron chi connectivity index (χ2n) is 8.29. The quantitative estimate of drug-likeness (QED) is 0.267. The zero-order valence-electron chi connectivity index (χ0n) is 18.7. The van der Waals surface area contributed by atoms with Gasteiger partial charge in [-0.15, -0.1) is 11.8 Å². The van der Waals surface area contributed by atoms with E-state index in [1.165, 1.54) is 0 Å². The van der Waals surface area contributed by atoms with Crippen LogP contribution in [0.4, 0.5) is 0 Å². The minimum Gasteiger partial charge on any atom is -0.352 e. The highest BCUT2D eigenvalue weighted by molar-refractivity contribution is 7.99. The number of amides is 2. The van der Waals surface area contributed by atoms with Crippen LogP contribution in [0.5, 0.6) is 0 Å². The van der Waals surface area contributed by atoms with Crippen molar-refractivity contribution in [2.45, 2.75) is 69.0 Å². The molecular formula is C25H29Cl3N2O2S. The summed E-state index contributed by atoms with van der Waals surface area (Å²) < 4.78 is 0. The number of halogens is 3. The van der Waals surface area contributed by atoms with Crippen molar-refractivity contribution in [1.82, 2.24) is 10.2 Å². The van der Waals surface area contributed by atoms with Crippen molar-refractivity contribution in [3.8, 4) is 0 Å². The van der Waals surface area contributed by atoms with Gasteiger partial charge in [0.1, 0.15) is 6.04 Å². The van der Waals surface area contributed by atoms with Gasteiger partial charge in [0, 0.05) is 44.5 Å². The van der Waals surface area contributed by atoms with E-state index in [1.807, 2.05) is 24.3 Å². The topological polar surface area (TPSA) is 49.4 Å². The van der Waals surface area contributed by atoms with Crippen LogP contribution in [0.3, 0.4) is 0 Å². The van der Waals surface area contributed by atoms with Gasteiger partial charge < -0.3 is 10.2 Å². The van der Waals surface area contributed by atoms with Crippen LogP contribution in [0.1, 0.15) is 51.0 Å². The average molecular weight is 528 g/mol. The third kappa shape index (κ3) is 7.81. The molecule has 1 unspecified atom stereocenters. The van der Waals surface area contributed by atoms with Crippen LogP contribution in [0.2, 0.25) is 15.1 Å². The molecule has 1 atom stereocenters. The SMILES string of the molecule is CC(C(=O)NC1CCCC1)N(Cc1c(Cl)cccc1Cl)C(=O)CCCSc1ccc(Cl)cc1. The molecule has 178 valence electrons. The van der Waals surface area contributed by atoms with Gasteiger partial charge in [-0.25, -0.2) is 0 Å². The summed E-state index contributed by atoms with van der Waals surface area (Å²) in [6, 6.07) is 12.5. The predicted molar refractivity (Wildman–Crippen MR) is 138 cm³/mol. The largest absolute Gasteiger partial charge is 0.352 e. The summed E-state index contributed by atoms with van der Waals surface area (Å²) in [6.07, 6.45) is 5.26. The van der Waals surface area contributed by atoms with Crippen LogP contribution < -0.4 is 5.32 Å². The first kappa shape index (κ1) is 26.2. The Hall–Kier alpha value is -1.40. The van der Waals surface area contributed by atoms with Crippen LogP contribution in [-0.4, -0.2) is 34.6 Å². The Balaban J connectivity index is 1.64. The van der Waals surface area contributed by atoms with Crippen molar-refractivity contribution in [2.24, 2.45) is 0 Å². The standard InChI is InChI=1S/C25H29Cl3N2O2S/c1-17(25(32)29-19-6-2-3-7-19)30(16-21-22(27)8-4-9-23(21)28)24(31)10-5-15-33-20-13-11-18(26)12-14-20/h4,8-9,11-14,17,19H,2-3,5-7,10,15-16H2,1H3,(H,29,32). The molecule has 33 heavy (non-hydrogen) atoms. The summed E-state index contributed by atoms with van der Waals surface area (Å²) in [7, 11) is 0. The highest BCUT2D eigenvalue weighted by Gasteiger charge is 2.29. The van der Waals surface area contributed by atoms with Crippen molar-refractivity contribution >= 4 is 58.4 Å². The average Bonchev–Trinajstić information content (AvgIpc) is 3.30. The van der Waals surface area contributed by atoms with Crippen LogP contribution >= 0.6 is 46.6 Å². The van der Waals surface area contributed by atoms with E-state index in [-0.39, 0.29) is 24.4 Å². The monoisotopic (exact) mass is 526 g/mol. The molecule has 2 amide bonds. The molecule has 1 fully saturated rings. The van der Waals surface area contributed by atoms with Crippen LogP contribution in [0, 0.1) is 0 Å². The summed E-state index contributed by atoms with van der Waals surface area (Å²) in [5, 5.41) is 4.79. The first-order valence-electron chi connectivity index (χ1n) is 11.3. The third-order valence-corrected chi connectivity index (χ3v) is 7.93. The van der Waals surface area contributed by atoms with E-state index >= 15 is 0 Å². The number of nitrogens with one attached hydrogen (secondary N) is 1. The number of hydrogen-bond donors (Lipinski definition) is 1. The van der Waals surface area contributed by atoms with E-state index in [1.54, 1.807) is 41.8 Å². The maximum atomic E-state index is 13.2. The van der Waals surface area contributed by atoms with Gasteiger partial charge in [-0.05, 0) is 68.3 Å². The maximum Gasteiger partial charge on any atom is 0.242 e. The smallest absolute Gasteiger partial charge is 0.242 e. The van der Waals surface area contributed by atoms with Gasteiger partial charge in [-0.2, -0.15) is 0 Å². The van der Waals surface area contributed by atoms with Crippen molar-refractivity contribution in [3.63, 3.8) is 0 Å². The molecule has 0 spiro atoms. The third-order valence-electron chi connectivity index (χ3n) is 5.88. The molecule has 3 rings (SSSR count). The minimum atomic E-state index is -0.616. The lowest BCUT2D eigenvalue weighted by Crippen LogP contribution is -2.49. The molecule has 1 saturated carbocycles. The van der Waals surface area contributed by atoms with Crippen LogP contribution in [0.25, 0.3) is 0 Å². The number of carbonyl (C=O) groups excluding carboxylic acids is 2. The number of thioether (sulfide) groups is 1. The van der Waals surface area contributed by atoms with Gasteiger partial charge in [-0.3, -0.25) is 9.59 Å². The zero-order chi connectivity index (χ0) is 23.8. The van der Waals surface area contributed by atoms with E-state index in [0.717, 1.165) is 36.3 Å². The Kier molecular flexibility index (Phi) is 10.2. The number of rotatable bonds is 10. The number of hydrogen-bond acceptors (Lipinski definition) is 3. The van der Waals surface area contributed by atoms with E-state index in [9.17, 15) is 9.59 Å². The Bertz CT molecular complexity index is 929. The fraction of sp³-hybridized carbons (Fsp3) is 0.440. The minimum absolute atomic E-state index is 0.0863. The zero-order valence-corrected chi connectivity index (χ0v) is 21.7. The lowest BCUT2D eigenvalue weighted by Gasteiger charge is -2.30. The summed E-state index contributed by atoms with van der Waals surface area (Å²) >= 11 is 20.4. The van der Waals surface area contributed by atoms with Gasteiger partial charge in [0.2, 0.25) is 11.8 Å². The second kappa shape index (κ2) is 12.9. The molecule has 1 aliphatic rings. The molecule has 2 aromatic rings. The Morgan fingerprint density at radius 1 is 1.06 bits per heavy atom. The molecule has 0 heterocycles. The normalized spacial score (nSPS) is 14.8. The molecule has 0 radical (unpaired) electrons. The highest BCUT2D eigenvalue weighted by atomic mass is 35.5. The molecule has 2 aromatic carbocycles. The van der Waals surface area contributed by atoms with E-state index in [4.69, 9.17) is 34.8 Å². The summed E-state index contributed by atoms with van der Waals surface area (Å²) in [4.78, 5) is 28.9. The summed E-state index contributed by atoms with van der Waals surface area (Å²) in [5.41, 5.74) is 0.658. The van der Waals surface area contributed by atoms with Gasteiger partial charge in [-0.1, -0.05) is 53.7 Å². The van der Waals surface area contributed by atoms with Crippen LogP contribution in [0.15, 0.2) is 47.4 Å². The lowest BCUT2D eigenvalue weighted by molar-refractivity contribution is -0.140. The number of benzene rings is 2. The van der Waals surface area contributed by atoms with Crippen molar-refractivity contribution in [2.75, 3.05) is 5.75 Å². The van der Waals surface area contributed by atoms with Gasteiger partial charge in [0.25, 0.3) is 0 Å². The molecule has 0 bridgehead atoms. The van der Waals surface area contributed by atoms with Gasteiger partial charge in [0.15, 0.2) is 0 Å². The van der Waals surface area contributed by atoms with E-state index in [0.29, 0.717) is 33.5 Å². The number of carbonyl (C=O) groups is 2. The molecule has 1 N–H and O–H groups in total. The predicted octanol–water partition coefficient (Wildman–Crippen LogP) is 7.00. The molecule has 0 aromatic heterocycles. The van der Waals surface area contributed by atoms with Crippen molar-refractivity contribution in [1.29, 1.82) is 0 Å². The fourth-order valence-electron chi connectivity index (χ4n) is 3.92. The highest BCUT2D eigenvalue weighted by Crippen LogP contribution is 2.28. The molecule has 8 heteroatoms. The maximum absolute atomic E-state index is 13.2. The van der Waals surface area contributed by atoms with Crippen LogP contribution in [-0.2, 0) is 16.1 Å². The molecule has 0 saturated heterocycles. The van der Waals surface area contributed by atoms with Gasteiger partial charge in [0.05, 0.1) is 0 Å². The fourth-order valence-corrected chi connectivity index (χ4v) is 5.41. The summed E-state index contributed by atoms with van der Waals surface area (Å²) in [6.45, 7) is 1.97. The Labute approximate surface area is 215 Å². The van der Waals surface area contributed by atoms with Crippen molar-refractivity contribution in [3.05, 3.63) is 63.1 Å². The van der Waals surface area contributed by atoms with E-state index in [2.05, 4.69) is 5.32 Å². The van der Waals surface area contributed by atoms with Gasteiger partial charge >= 0.3 is 0 Å². The number of nitrogens with zero attached hydrogens (tertiary/aromatic N) is 1. The first-order valence-corrected chi connectivity index (χ1v) is 13.4. The summed E-state index contributed by atoms with van der Waals surface area (Å²) in [5.74, 6) is 0.571. The first-order chi connectivity index (χ1) is 15.8. The molecule has 4 nitrogen and oxygen atoms in total. The lowest BCUT2D eigenvalue weighted by atomic mass is 10.1. The molecule has 0 aliphatic heterocycles. The Morgan fingerprint density at radius 3 is 2.33 bits per heavy atom. The molecular weight excluding hydrogens is 499 g/mol.